The fraction of sp³-hybridized carbons (Fsp3) is 0.158. The van der Waals surface area contributed by atoms with E-state index in [1.54, 1.807) is 5.56 Å². The highest BCUT2D eigenvalue weighted by Gasteiger charge is 2.18. The lowest BCUT2D eigenvalue weighted by molar-refractivity contribution is 0.852. The molecule has 0 spiro atoms. The summed E-state index contributed by atoms with van der Waals surface area (Å²) in [4.78, 5) is 0. The molecule has 1 aliphatic carbocycles. The minimum Gasteiger partial charge on any atom is -0.0616 e. The molecule has 19 heavy (non-hydrogen) atoms. The van der Waals surface area contributed by atoms with Gasteiger partial charge in [0, 0.05) is 0 Å². The van der Waals surface area contributed by atoms with E-state index in [9.17, 15) is 0 Å². The third-order valence-corrected chi connectivity index (χ3v) is 4.26. The summed E-state index contributed by atoms with van der Waals surface area (Å²) in [6, 6.07) is 20.1. The maximum atomic E-state index is 2.39. The largest absolute Gasteiger partial charge is 0.0616 e. The average Bonchev–Trinajstić information content (AvgIpc) is 2.40. The van der Waals surface area contributed by atoms with Gasteiger partial charge in [-0.1, -0.05) is 60.2 Å². The van der Waals surface area contributed by atoms with Crippen LogP contribution in [0, 0.1) is 6.92 Å². The Hall–Kier alpha value is -2.08. The second kappa shape index (κ2) is 3.96. The number of hydrogen-bond donors (Lipinski definition) is 0. The van der Waals surface area contributed by atoms with Gasteiger partial charge >= 0.3 is 0 Å². The predicted molar refractivity (Wildman–Crippen MR) is 81.5 cm³/mol. The van der Waals surface area contributed by atoms with E-state index in [1.165, 1.54) is 45.9 Å². The third kappa shape index (κ3) is 1.60. The minimum absolute atomic E-state index is 1.24. The van der Waals surface area contributed by atoms with Gasteiger partial charge in [-0.3, -0.25) is 0 Å². The van der Waals surface area contributed by atoms with Gasteiger partial charge in [-0.15, -0.1) is 0 Å². The van der Waals surface area contributed by atoms with Gasteiger partial charge in [0.15, 0.2) is 0 Å². The second-order valence-electron chi connectivity index (χ2n) is 5.47. The van der Waals surface area contributed by atoms with Gasteiger partial charge < -0.3 is 0 Å². The molecule has 0 atom stereocenters. The Kier molecular flexibility index (Phi) is 2.25. The SMILES string of the molecule is Cc1ccc(-c2cc3c(c4ccccc24)CC3)cc1. The molecule has 0 unspecified atom stereocenters. The van der Waals surface area contributed by atoms with Crippen LogP contribution in [0.3, 0.4) is 0 Å². The lowest BCUT2D eigenvalue weighted by Crippen LogP contribution is -2.09. The van der Waals surface area contributed by atoms with Crippen molar-refractivity contribution >= 4 is 10.8 Å². The Labute approximate surface area is 113 Å². The molecular formula is C19H16. The summed E-state index contributed by atoms with van der Waals surface area (Å²) in [5.41, 5.74) is 7.13. The van der Waals surface area contributed by atoms with E-state index < -0.39 is 0 Å². The van der Waals surface area contributed by atoms with Crippen molar-refractivity contribution in [3.8, 4) is 11.1 Å². The van der Waals surface area contributed by atoms with Crippen LogP contribution in [0.5, 0.6) is 0 Å². The smallest absolute Gasteiger partial charge is 0.0102 e. The van der Waals surface area contributed by atoms with Crippen molar-refractivity contribution in [2.45, 2.75) is 19.8 Å². The van der Waals surface area contributed by atoms with E-state index >= 15 is 0 Å². The Morgan fingerprint density at radius 2 is 1.53 bits per heavy atom. The van der Waals surface area contributed by atoms with E-state index in [0.29, 0.717) is 0 Å². The van der Waals surface area contributed by atoms with Crippen molar-refractivity contribution in [2.75, 3.05) is 0 Å². The zero-order chi connectivity index (χ0) is 12.8. The molecule has 3 aromatic rings. The van der Waals surface area contributed by atoms with E-state index in [-0.39, 0.29) is 0 Å². The summed E-state index contributed by atoms with van der Waals surface area (Å²) < 4.78 is 0. The lowest BCUT2D eigenvalue weighted by atomic mass is 9.81. The highest BCUT2D eigenvalue weighted by molar-refractivity contribution is 6.00. The number of rotatable bonds is 1. The van der Waals surface area contributed by atoms with Crippen molar-refractivity contribution < 1.29 is 0 Å². The molecule has 0 aromatic heterocycles. The van der Waals surface area contributed by atoms with Crippen LogP contribution >= 0.6 is 0 Å². The molecule has 0 radical (unpaired) electrons. The second-order valence-corrected chi connectivity index (χ2v) is 5.47. The van der Waals surface area contributed by atoms with Crippen molar-refractivity contribution in [3.63, 3.8) is 0 Å². The van der Waals surface area contributed by atoms with Gasteiger partial charge in [-0.25, -0.2) is 0 Å². The van der Waals surface area contributed by atoms with Gasteiger partial charge in [0.25, 0.3) is 0 Å². The molecule has 0 amide bonds. The van der Waals surface area contributed by atoms with Crippen LogP contribution in [-0.4, -0.2) is 0 Å². The standard InChI is InChI=1S/C19H16/c1-13-6-8-14(9-7-13)19-12-15-10-11-16(15)17-4-2-3-5-18(17)19/h2-9,12H,10-11H2,1H3. The molecular weight excluding hydrogens is 228 g/mol. The van der Waals surface area contributed by atoms with Crippen LogP contribution in [-0.2, 0) is 12.8 Å². The fourth-order valence-electron chi connectivity index (χ4n) is 3.07. The molecule has 0 nitrogen and oxygen atoms in total. The monoisotopic (exact) mass is 244 g/mol. The first kappa shape index (κ1) is 10.8. The maximum absolute atomic E-state index is 2.39. The summed E-state index contributed by atoms with van der Waals surface area (Å²) in [5.74, 6) is 0. The van der Waals surface area contributed by atoms with Crippen LogP contribution in [0.25, 0.3) is 21.9 Å². The van der Waals surface area contributed by atoms with E-state index in [2.05, 4.69) is 61.5 Å². The minimum atomic E-state index is 1.24. The van der Waals surface area contributed by atoms with Gasteiger partial charge in [0.2, 0.25) is 0 Å². The topological polar surface area (TPSA) is 0 Å². The molecule has 1 aliphatic rings. The summed E-state index contributed by atoms with van der Waals surface area (Å²) >= 11 is 0. The lowest BCUT2D eigenvalue weighted by Gasteiger charge is -2.23. The number of hydrogen-bond acceptors (Lipinski definition) is 0. The molecule has 0 saturated carbocycles. The van der Waals surface area contributed by atoms with Crippen LogP contribution in [0.2, 0.25) is 0 Å². The average molecular weight is 244 g/mol. The normalized spacial score (nSPS) is 13.1. The van der Waals surface area contributed by atoms with Crippen LogP contribution in [0.1, 0.15) is 16.7 Å². The maximum Gasteiger partial charge on any atom is -0.0102 e. The first-order chi connectivity index (χ1) is 9.33. The molecule has 3 aromatic carbocycles. The summed E-state index contributed by atoms with van der Waals surface area (Å²) in [6.45, 7) is 2.14. The first-order valence-corrected chi connectivity index (χ1v) is 6.93. The summed E-state index contributed by atoms with van der Waals surface area (Å²) in [6.07, 6.45) is 2.48. The molecule has 92 valence electrons. The Morgan fingerprint density at radius 3 is 2.21 bits per heavy atom. The van der Waals surface area contributed by atoms with Crippen molar-refractivity contribution in [2.24, 2.45) is 0 Å². The van der Waals surface area contributed by atoms with Crippen molar-refractivity contribution in [1.29, 1.82) is 0 Å². The Balaban J connectivity index is 2.04. The van der Waals surface area contributed by atoms with Gasteiger partial charge in [-0.2, -0.15) is 0 Å². The molecule has 0 fully saturated rings. The summed E-state index contributed by atoms with van der Waals surface area (Å²) in [7, 11) is 0. The van der Waals surface area contributed by atoms with Gasteiger partial charge in [-0.05, 0) is 52.8 Å². The Morgan fingerprint density at radius 1 is 0.789 bits per heavy atom. The summed E-state index contributed by atoms with van der Waals surface area (Å²) in [5, 5.41) is 2.84. The highest BCUT2D eigenvalue weighted by Crippen LogP contribution is 2.38. The van der Waals surface area contributed by atoms with Crippen molar-refractivity contribution in [1.82, 2.24) is 0 Å². The van der Waals surface area contributed by atoms with Crippen LogP contribution < -0.4 is 0 Å². The van der Waals surface area contributed by atoms with Gasteiger partial charge in [0.1, 0.15) is 0 Å². The van der Waals surface area contributed by atoms with Gasteiger partial charge in [0.05, 0.1) is 0 Å². The van der Waals surface area contributed by atoms with E-state index in [4.69, 9.17) is 0 Å². The molecule has 4 rings (SSSR count). The highest BCUT2D eigenvalue weighted by atomic mass is 14.2. The zero-order valence-electron chi connectivity index (χ0n) is 11.1. The third-order valence-electron chi connectivity index (χ3n) is 4.26. The molecule has 0 saturated heterocycles. The quantitative estimate of drug-likeness (QED) is 0.570. The zero-order valence-corrected chi connectivity index (χ0v) is 11.1. The fourth-order valence-corrected chi connectivity index (χ4v) is 3.07. The number of aryl methyl sites for hydroxylation is 3. The molecule has 0 bridgehead atoms. The Bertz CT molecular complexity index is 764. The predicted octanol–water partition coefficient (Wildman–Crippen LogP) is 4.91. The van der Waals surface area contributed by atoms with Crippen molar-refractivity contribution in [3.05, 3.63) is 71.3 Å². The molecule has 0 N–H and O–H groups in total. The number of fused-ring (bicyclic) bond motifs is 3. The molecule has 0 heterocycles. The van der Waals surface area contributed by atoms with E-state index in [1.807, 2.05) is 0 Å². The first-order valence-electron chi connectivity index (χ1n) is 6.93. The van der Waals surface area contributed by atoms with E-state index in [0.717, 1.165) is 0 Å². The molecule has 0 aliphatic heterocycles. The van der Waals surface area contributed by atoms with Crippen LogP contribution in [0.4, 0.5) is 0 Å². The number of benzene rings is 3. The van der Waals surface area contributed by atoms with Crippen LogP contribution in [0.15, 0.2) is 54.6 Å². The molecule has 0 heteroatoms.